The summed E-state index contributed by atoms with van der Waals surface area (Å²) in [6.07, 6.45) is 3.66. The largest absolute Gasteiger partial charge is 0.370 e. The molecule has 2 rings (SSSR count). The van der Waals surface area contributed by atoms with Crippen LogP contribution in [0.2, 0.25) is 0 Å². The number of rotatable bonds is 6. The molecule has 23 heavy (non-hydrogen) atoms. The molecule has 1 aliphatic heterocycles. The van der Waals surface area contributed by atoms with Gasteiger partial charge in [-0.3, -0.25) is 9.59 Å². The van der Waals surface area contributed by atoms with Crippen molar-refractivity contribution in [2.45, 2.75) is 38.5 Å². The number of piperidine rings is 1. The number of amides is 2. The number of nitrogens with two attached hydrogens (primary N) is 1. The van der Waals surface area contributed by atoms with E-state index in [0.29, 0.717) is 25.4 Å². The summed E-state index contributed by atoms with van der Waals surface area (Å²) in [5.74, 6) is -1.83. The number of halogens is 2. The molecular weight excluding hydrogens is 302 g/mol. The van der Waals surface area contributed by atoms with E-state index >= 15 is 0 Å². The van der Waals surface area contributed by atoms with Crippen molar-refractivity contribution in [1.82, 2.24) is 4.90 Å². The summed E-state index contributed by atoms with van der Waals surface area (Å²) in [5.41, 5.74) is 5.83. The number of hydrogen-bond donors (Lipinski definition) is 1. The normalized spacial score (nSPS) is 18.0. The topological polar surface area (TPSA) is 63.4 Å². The number of carbonyl (C=O) groups excluding carboxylic acids is 2. The van der Waals surface area contributed by atoms with Gasteiger partial charge in [0.2, 0.25) is 11.8 Å². The van der Waals surface area contributed by atoms with Crippen LogP contribution in [-0.2, 0) is 16.0 Å². The predicted octanol–water partition coefficient (Wildman–Crippen LogP) is 2.40. The standard InChI is InChI=1S/C17H22F2N2O2/c18-14-6-5-12(10-15(14)19)3-4-13-2-1-9-21(11-13)17(23)8-7-16(20)22/h5-6,10,13H,1-4,7-9,11H2,(H2,20,22)/t13-/m0/s1. The van der Waals surface area contributed by atoms with E-state index in [0.717, 1.165) is 30.9 Å². The van der Waals surface area contributed by atoms with Crippen LogP contribution in [0.5, 0.6) is 0 Å². The lowest BCUT2D eigenvalue weighted by Crippen LogP contribution is -2.40. The van der Waals surface area contributed by atoms with Crippen LogP contribution in [0.1, 0.15) is 37.7 Å². The van der Waals surface area contributed by atoms with Crippen LogP contribution in [0.4, 0.5) is 8.78 Å². The second-order valence-electron chi connectivity index (χ2n) is 6.10. The van der Waals surface area contributed by atoms with Crippen molar-refractivity contribution in [3.05, 3.63) is 35.4 Å². The van der Waals surface area contributed by atoms with Gasteiger partial charge in [0.25, 0.3) is 0 Å². The molecule has 1 aliphatic rings. The summed E-state index contributed by atoms with van der Waals surface area (Å²) in [6.45, 7) is 1.36. The van der Waals surface area contributed by atoms with Crippen molar-refractivity contribution in [1.29, 1.82) is 0 Å². The fourth-order valence-corrected chi connectivity index (χ4v) is 2.98. The zero-order valence-corrected chi connectivity index (χ0v) is 13.1. The highest BCUT2D eigenvalue weighted by Crippen LogP contribution is 2.22. The minimum atomic E-state index is -0.836. The second kappa shape index (κ2) is 8.04. The second-order valence-corrected chi connectivity index (χ2v) is 6.10. The molecule has 1 atom stereocenters. The van der Waals surface area contributed by atoms with Crippen LogP contribution in [-0.4, -0.2) is 29.8 Å². The van der Waals surface area contributed by atoms with E-state index in [9.17, 15) is 18.4 Å². The molecule has 6 heteroatoms. The highest BCUT2D eigenvalue weighted by atomic mass is 19.2. The number of hydrogen-bond acceptors (Lipinski definition) is 2. The fourth-order valence-electron chi connectivity index (χ4n) is 2.98. The summed E-state index contributed by atoms with van der Waals surface area (Å²) in [6, 6.07) is 3.97. The lowest BCUT2D eigenvalue weighted by Gasteiger charge is -2.33. The van der Waals surface area contributed by atoms with Gasteiger partial charge < -0.3 is 10.6 Å². The molecule has 1 heterocycles. The van der Waals surface area contributed by atoms with Gasteiger partial charge in [0.05, 0.1) is 0 Å². The molecule has 126 valence electrons. The lowest BCUT2D eigenvalue weighted by atomic mass is 9.91. The van der Waals surface area contributed by atoms with Crippen molar-refractivity contribution in [3.8, 4) is 0 Å². The molecule has 1 aromatic rings. The summed E-state index contributed by atoms with van der Waals surface area (Å²) in [5, 5.41) is 0. The van der Waals surface area contributed by atoms with Gasteiger partial charge in [-0.1, -0.05) is 6.07 Å². The molecule has 0 aliphatic carbocycles. The van der Waals surface area contributed by atoms with Crippen LogP contribution in [0, 0.1) is 17.6 Å². The molecule has 2 amide bonds. The van der Waals surface area contributed by atoms with Crippen LogP contribution in [0.3, 0.4) is 0 Å². The average Bonchev–Trinajstić information content (AvgIpc) is 2.54. The van der Waals surface area contributed by atoms with Gasteiger partial charge >= 0.3 is 0 Å². The van der Waals surface area contributed by atoms with E-state index in [4.69, 9.17) is 5.73 Å². The Labute approximate surface area is 134 Å². The van der Waals surface area contributed by atoms with Crippen molar-refractivity contribution in [3.63, 3.8) is 0 Å². The summed E-state index contributed by atoms with van der Waals surface area (Å²) in [7, 11) is 0. The van der Waals surface area contributed by atoms with Gasteiger partial charge in [0, 0.05) is 25.9 Å². The Morgan fingerprint density at radius 2 is 2.00 bits per heavy atom. The molecule has 0 aromatic heterocycles. The zero-order chi connectivity index (χ0) is 16.8. The molecule has 1 fully saturated rings. The first kappa shape index (κ1) is 17.4. The number of carbonyl (C=O) groups is 2. The smallest absolute Gasteiger partial charge is 0.223 e. The van der Waals surface area contributed by atoms with E-state index in [2.05, 4.69) is 0 Å². The summed E-state index contributed by atoms with van der Waals surface area (Å²) in [4.78, 5) is 24.6. The van der Waals surface area contributed by atoms with E-state index in [1.54, 1.807) is 11.0 Å². The predicted molar refractivity (Wildman–Crippen MR) is 82.4 cm³/mol. The van der Waals surface area contributed by atoms with Crippen LogP contribution in [0.25, 0.3) is 0 Å². The Kier molecular flexibility index (Phi) is 6.07. The van der Waals surface area contributed by atoms with Gasteiger partial charge in [-0.15, -0.1) is 0 Å². The van der Waals surface area contributed by atoms with E-state index in [1.807, 2.05) is 0 Å². The average molecular weight is 324 g/mol. The van der Waals surface area contributed by atoms with Gasteiger partial charge in [-0.25, -0.2) is 8.78 Å². The maximum absolute atomic E-state index is 13.2. The van der Waals surface area contributed by atoms with Gasteiger partial charge in [0.1, 0.15) is 0 Å². The van der Waals surface area contributed by atoms with Crippen molar-refractivity contribution in [2.75, 3.05) is 13.1 Å². The van der Waals surface area contributed by atoms with Gasteiger partial charge in [-0.2, -0.15) is 0 Å². The van der Waals surface area contributed by atoms with E-state index < -0.39 is 17.5 Å². The summed E-state index contributed by atoms with van der Waals surface area (Å²) >= 11 is 0. The third kappa shape index (κ3) is 5.30. The Morgan fingerprint density at radius 3 is 2.70 bits per heavy atom. The van der Waals surface area contributed by atoms with Crippen LogP contribution in [0.15, 0.2) is 18.2 Å². The Morgan fingerprint density at radius 1 is 1.22 bits per heavy atom. The Balaban J connectivity index is 1.82. The molecule has 0 spiro atoms. The van der Waals surface area contributed by atoms with E-state index in [1.165, 1.54) is 6.07 Å². The Bertz CT molecular complexity index is 578. The molecule has 0 bridgehead atoms. The van der Waals surface area contributed by atoms with Crippen LogP contribution < -0.4 is 5.73 Å². The molecule has 2 N–H and O–H groups in total. The first-order valence-corrected chi connectivity index (χ1v) is 7.95. The van der Waals surface area contributed by atoms with E-state index in [-0.39, 0.29) is 18.7 Å². The van der Waals surface area contributed by atoms with Crippen molar-refractivity contribution < 1.29 is 18.4 Å². The quantitative estimate of drug-likeness (QED) is 0.873. The highest BCUT2D eigenvalue weighted by Gasteiger charge is 2.23. The minimum absolute atomic E-state index is 0.0404. The molecule has 1 aromatic carbocycles. The number of nitrogens with zero attached hydrogens (tertiary/aromatic N) is 1. The number of benzene rings is 1. The number of likely N-dealkylation sites (tertiary alicyclic amines) is 1. The maximum Gasteiger partial charge on any atom is 0.223 e. The lowest BCUT2D eigenvalue weighted by molar-refractivity contribution is -0.134. The highest BCUT2D eigenvalue weighted by molar-refractivity contribution is 5.82. The number of primary amides is 1. The Hall–Kier alpha value is -1.98. The first-order valence-electron chi connectivity index (χ1n) is 7.95. The molecule has 0 saturated carbocycles. The monoisotopic (exact) mass is 324 g/mol. The van der Waals surface area contributed by atoms with Crippen LogP contribution >= 0.6 is 0 Å². The molecule has 0 radical (unpaired) electrons. The molecular formula is C17H22F2N2O2. The summed E-state index contributed by atoms with van der Waals surface area (Å²) < 4.78 is 26.1. The first-order chi connectivity index (χ1) is 11.0. The molecule has 4 nitrogen and oxygen atoms in total. The minimum Gasteiger partial charge on any atom is -0.370 e. The molecule has 1 saturated heterocycles. The maximum atomic E-state index is 13.2. The van der Waals surface area contributed by atoms with Crippen molar-refractivity contribution >= 4 is 11.8 Å². The number of aryl methyl sites for hydroxylation is 1. The van der Waals surface area contributed by atoms with Gasteiger partial charge in [0.15, 0.2) is 11.6 Å². The van der Waals surface area contributed by atoms with Crippen molar-refractivity contribution in [2.24, 2.45) is 11.7 Å². The fraction of sp³-hybridized carbons (Fsp3) is 0.529. The third-order valence-corrected chi connectivity index (χ3v) is 4.28. The SMILES string of the molecule is NC(=O)CCC(=O)N1CCC[C@@H](CCc2ccc(F)c(F)c2)C1. The zero-order valence-electron chi connectivity index (χ0n) is 13.1. The van der Waals surface area contributed by atoms with Gasteiger partial charge in [-0.05, 0) is 49.3 Å². The third-order valence-electron chi connectivity index (χ3n) is 4.28. The molecule has 0 unspecified atom stereocenters.